The van der Waals surface area contributed by atoms with Crippen molar-refractivity contribution in [1.29, 1.82) is 0 Å². The van der Waals surface area contributed by atoms with Crippen LogP contribution in [0.5, 0.6) is 0 Å². The molecule has 0 saturated carbocycles. The number of rotatable bonds is 4. The number of aromatic nitrogens is 1. The second-order valence-electron chi connectivity index (χ2n) is 6.84. The molecule has 1 saturated heterocycles. The molecule has 1 atom stereocenters. The Morgan fingerprint density at radius 3 is 2.76 bits per heavy atom. The highest BCUT2D eigenvalue weighted by Crippen LogP contribution is 2.27. The smallest absolute Gasteiger partial charge is 0.410 e. The number of carbonyl (C=O) groups is 1. The van der Waals surface area contributed by atoms with Gasteiger partial charge in [0, 0.05) is 24.8 Å². The quantitative estimate of drug-likeness (QED) is 0.587. The molecule has 10 heteroatoms. The number of carbonyl (C=O) groups excluding carboxylic acids is 1. The van der Waals surface area contributed by atoms with E-state index in [1.54, 1.807) is 20.8 Å². The highest BCUT2D eigenvalue weighted by atomic mass is 32.2. The summed E-state index contributed by atoms with van der Waals surface area (Å²) in [6.07, 6.45) is 1.74. The van der Waals surface area contributed by atoms with Gasteiger partial charge in [0.05, 0.1) is 10.7 Å². The zero-order valence-corrected chi connectivity index (χ0v) is 15.2. The van der Waals surface area contributed by atoms with Gasteiger partial charge in [-0.05, 0) is 39.7 Å². The maximum absolute atomic E-state index is 12.6. The van der Waals surface area contributed by atoms with Gasteiger partial charge in [0.2, 0.25) is 14.9 Å². The zero-order chi connectivity index (χ0) is 18.8. The number of hydrogen-bond donors (Lipinski definition) is 0. The maximum Gasteiger partial charge on any atom is 0.410 e. The molecular formula is C15H21N3O6S. The number of pyridine rings is 1. The molecule has 2 heterocycles. The summed E-state index contributed by atoms with van der Waals surface area (Å²) in [6, 6.07) is 1.81. The van der Waals surface area contributed by atoms with Crippen molar-refractivity contribution in [3.05, 3.63) is 28.4 Å². The van der Waals surface area contributed by atoms with Crippen LogP contribution in [-0.4, -0.2) is 53.3 Å². The summed E-state index contributed by atoms with van der Waals surface area (Å²) < 4.78 is 30.5. The molecule has 1 aliphatic rings. The van der Waals surface area contributed by atoms with E-state index in [1.165, 1.54) is 17.2 Å². The molecular weight excluding hydrogens is 350 g/mol. The Balaban J connectivity index is 2.23. The minimum absolute atomic E-state index is 0.388. The van der Waals surface area contributed by atoms with Gasteiger partial charge in [-0.3, -0.25) is 10.1 Å². The van der Waals surface area contributed by atoms with Crippen LogP contribution in [0.4, 0.5) is 10.5 Å². The average molecular weight is 371 g/mol. The minimum atomic E-state index is -4.03. The van der Waals surface area contributed by atoms with Crippen molar-refractivity contribution in [2.45, 2.75) is 50.3 Å². The number of likely N-dealkylation sites (tertiary alicyclic amines) is 1. The molecule has 138 valence electrons. The first kappa shape index (κ1) is 19.1. The summed E-state index contributed by atoms with van der Waals surface area (Å²) in [4.78, 5) is 27.6. The van der Waals surface area contributed by atoms with E-state index < -0.39 is 49.0 Å². The standard InChI is InChI=1S/C15H21N3O6S/c1-15(2,3)24-14(19)17-9-5-6-11(17)10-25(22,23)13-12(18(20)21)7-4-8-16-13/h4,7-8,11H,5-6,9-10H2,1-3H3/t11-/m1/s1. The first-order valence-electron chi connectivity index (χ1n) is 7.83. The lowest BCUT2D eigenvalue weighted by atomic mass is 10.2. The highest BCUT2D eigenvalue weighted by Gasteiger charge is 2.37. The van der Waals surface area contributed by atoms with Gasteiger partial charge in [0.1, 0.15) is 5.60 Å². The van der Waals surface area contributed by atoms with Crippen LogP contribution in [0.25, 0.3) is 0 Å². The van der Waals surface area contributed by atoms with Crippen molar-refractivity contribution >= 4 is 21.6 Å². The number of nitro groups is 1. The van der Waals surface area contributed by atoms with E-state index in [9.17, 15) is 23.3 Å². The van der Waals surface area contributed by atoms with E-state index >= 15 is 0 Å². The van der Waals surface area contributed by atoms with E-state index in [1.807, 2.05) is 0 Å². The minimum Gasteiger partial charge on any atom is -0.444 e. The molecule has 0 bridgehead atoms. The van der Waals surface area contributed by atoms with Crippen LogP contribution in [0.2, 0.25) is 0 Å². The van der Waals surface area contributed by atoms with Gasteiger partial charge in [-0.2, -0.15) is 0 Å². The monoisotopic (exact) mass is 371 g/mol. The fourth-order valence-corrected chi connectivity index (χ4v) is 4.36. The predicted octanol–water partition coefficient (Wildman–Crippen LogP) is 2.16. The molecule has 9 nitrogen and oxygen atoms in total. The second kappa shape index (κ2) is 6.95. The number of sulfone groups is 1. The Morgan fingerprint density at radius 2 is 2.16 bits per heavy atom. The van der Waals surface area contributed by atoms with Crippen molar-refractivity contribution in [2.24, 2.45) is 0 Å². The average Bonchev–Trinajstić information content (AvgIpc) is 2.93. The van der Waals surface area contributed by atoms with E-state index in [-0.39, 0.29) is 0 Å². The van der Waals surface area contributed by atoms with Crippen LogP contribution in [0.3, 0.4) is 0 Å². The Bertz CT molecular complexity index is 772. The molecule has 1 aromatic rings. The van der Waals surface area contributed by atoms with Crippen LogP contribution in [0.15, 0.2) is 23.4 Å². The molecule has 2 rings (SSSR count). The fourth-order valence-electron chi connectivity index (χ4n) is 2.66. The third-order valence-corrected chi connectivity index (χ3v) is 5.39. The maximum atomic E-state index is 12.6. The molecule has 1 fully saturated rings. The van der Waals surface area contributed by atoms with Crippen LogP contribution < -0.4 is 0 Å². The van der Waals surface area contributed by atoms with E-state index in [0.29, 0.717) is 19.4 Å². The van der Waals surface area contributed by atoms with Gasteiger partial charge in [0.15, 0.2) is 0 Å². The summed E-state index contributed by atoms with van der Waals surface area (Å²) in [5.41, 5.74) is -1.26. The SMILES string of the molecule is CC(C)(C)OC(=O)N1CCC[C@@H]1CS(=O)(=O)c1ncccc1[N+](=O)[O-]. The lowest BCUT2D eigenvalue weighted by Crippen LogP contribution is -2.42. The first-order valence-corrected chi connectivity index (χ1v) is 9.48. The molecule has 0 unspecified atom stereocenters. The van der Waals surface area contributed by atoms with Crippen molar-refractivity contribution in [2.75, 3.05) is 12.3 Å². The molecule has 0 radical (unpaired) electrons. The van der Waals surface area contributed by atoms with Crippen molar-refractivity contribution in [3.63, 3.8) is 0 Å². The first-order chi connectivity index (χ1) is 11.5. The Kier molecular flexibility index (Phi) is 5.31. The van der Waals surface area contributed by atoms with E-state index in [4.69, 9.17) is 4.74 Å². The largest absolute Gasteiger partial charge is 0.444 e. The number of ether oxygens (including phenoxy) is 1. The second-order valence-corrected chi connectivity index (χ2v) is 8.79. The van der Waals surface area contributed by atoms with Gasteiger partial charge in [-0.25, -0.2) is 18.2 Å². The molecule has 25 heavy (non-hydrogen) atoms. The lowest BCUT2D eigenvalue weighted by Gasteiger charge is -2.28. The van der Waals surface area contributed by atoms with Gasteiger partial charge in [0.25, 0.3) is 0 Å². The molecule has 0 aromatic carbocycles. The molecule has 0 aliphatic carbocycles. The predicted molar refractivity (Wildman–Crippen MR) is 88.9 cm³/mol. The van der Waals surface area contributed by atoms with Crippen molar-refractivity contribution in [1.82, 2.24) is 9.88 Å². The van der Waals surface area contributed by atoms with Gasteiger partial charge >= 0.3 is 11.8 Å². The molecule has 0 spiro atoms. The summed E-state index contributed by atoms with van der Waals surface area (Å²) >= 11 is 0. The Morgan fingerprint density at radius 1 is 1.48 bits per heavy atom. The van der Waals surface area contributed by atoms with Crippen molar-refractivity contribution in [3.8, 4) is 0 Å². The fraction of sp³-hybridized carbons (Fsp3) is 0.600. The molecule has 1 amide bonds. The van der Waals surface area contributed by atoms with E-state index in [0.717, 1.165) is 6.07 Å². The third kappa shape index (κ3) is 4.65. The van der Waals surface area contributed by atoms with Crippen molar-refractivity contribution < 1.29 is 22.9 Å². The van der Waals surface area contributed by atoms with Gasteiger partial charge < -0.3 is 9.64 Å². The summed E-state index contributed by atoms with van der Waals surface area (Å²) in [7, 11) is -4.03. The van der Waals surface area contributed by atoms with Crippen LogP contribution in [0, 0.1) is 10.1 Å². The number of amides is 1. The third-order valence-electron chi connectivity index (χ3n) is 3.66. The summed E-state index contributed by atoms with van der Waals surface area (Å²) in [5, 5.41) is 10.5. The Labute approximate surface area is 146 Å². The van der Waals surface area contributed by atoms with Crippen LogP contribution in [0.1, 0.15) is 33.6 Å². The topological polar surface area (TPSA) is 120 Å². The highest BCUT2D eigenvalue weighted by molar-refractivity contribution is 7.91. The van der Waals surface area contributed by atoms with E-state index in [2.05, 4.69) is 4.98 Å². The normalized spacial score (nSPS) is 18.2. The summed E-state index contributed by atoms with van der Waals surface area (Å²) in [6.45, 7) is 5.57. The Hall–Kier alpha value is -2.23. The van der Waals surface area contributed by atoms with Gasteiger partial charge in [-0.15, -0.1) is 0 Å². The van der Waals surface area contributed by atoms with Crippen LogP contribution in [-0.2, 0) is 14.6 Å². The number of hydrogen-bond acceptors (Lipinski definition) is 7. The summed E-state index contributed by atoms with van der Waals surface area (Å²) in [5.74, 6) is -0.426. The molecule has 1 aromatic heterocycles. The molecule has 0 N–H and O–H groups in total. The zero-order valence-electron chi connectivity index (χ0n) is 14.3. The lowest BCUT2D eigenvalue weighted by molar-refractivity contribution is -0.388. The van der Waals surface area contributed by atoms with Crippen LogP contribution >= 0.6 is 0 Å². The number of nitrogens with zero attached hydrogens (tertiary/aromatic N) is 3. The van der Waals surface area contributed by atoms with Gasteiger partial charge in [-0.1, -0.05) is 0 Å². The molecule has 1 aliphatic heterocycles.